The molecule has 0 aromatic carbocycles. The van der Waals surface area contributed by atoms with Gasteiger partial charge in [0.15, 0.2) is 6.04 Å². The minimum Gasteiger partial charge on any atom is -0.410 e. The van der Waals surface area contributed by atoms with E-state index in [1.54, 1.807) is 4.90 Å². The summed E-state index contributed by atoms with van der Waals surface area (Å²) in [6.07, 6.45) is 0. The van der Waals surface area contributed by atoms with E-state index in [2.05, 4.69) is 29.8 Å². The number of rotatable bonds is 7. The zero-order valence-electron chi connectivity index (χ0n) is 12.0. The normalized spacial score (nSPS) is 12.7. The fourth-order valence-electron chi connectivity index (χ4n) is 1.50. The molecule has 6 nitrogen and oxygen atoms in total. The summed E-state index contributed by atoms with van der Waals surface area (Å²) in [6.45, 7) is 9.48. The van der Waals surface area contributed by atoms with E-state index in [1.807, 2.05) is 13.8 Å². The first kappa shape index (κ1) is 16.0. The summed E-state index contributed by atoms with van der Waals surface area (Å²) in [4.78, 5) is 13.6. The molecule has 3 N–H and O–H groups in total. The highest BCUT2D eigenvalue weighted by Crippen LogP contribution is 2.21. The maximum Gasteiger partial charge on any atom is 0.277 e. The summed E-state index contributed by atoms with van der Waals surface area (Å²) in [7, 11) is 0. The van der Waals surface area contributed by atoms with Gasteiger partial charge in [-0.3, -0.25) is 4.79 Å². The van der Waals surface area contributed by atoms with Crippen molar-refractivity contribution in [2.24, 2.45) is 5.92 Å². The van der Waals surface area contributed by atoms with Gasteiger partial charge in [0.25, 0.3) is 11.1 Å². The predicted octanol–water partition coefficient (Wildman–Crippen LogP) is 0.969. The van der Waals surface area contributed by atoms with Gasteiger partial charge in [0.05, 0.1) is 5.75 Å². The summed E-state index contributed by atoms with van der Waals surface area (Å²) in [5, 5.41) is 8.35. The van der Waals surface area contributed by atoms with Crippen molar-refractivity contribution in [3.63, 3.8) is 0 Å². The quantitative estimate of drug-likeness (QED) is 0.755. The Morgan fingerprint density at radius 2 is 2.00 bits per heavy atom. The Morgan fingerprint density at radius 1 is 1.37 bits per heavy atom. The molecule has 0 spiro atoms. The molecule has 0 radical (unpaired) electrons. The van der Waals surface area contributed by atoms with Crippen molar-refractivity contribution in [2.75, 3.05) is 18.8 Å². The van der Waals surface area contributed by atoms with Crippen LogP contribution < -0.4 is 5.73 Å². The van der Waals surface area contributed by atoms with E-state index in [1.165, 1.54) is 11.8 Å². The largest absolute Gasteiger partial charge is 0.410 e. The Labute approximate surface area is 118 Å². The van der Waals surface area contributed by atoms with Crippen LogP contribution in [0.5, 0.6) is 0 Å². The fourth-order valence-corrected chi connectivity index (χ4v) is 2.18. The van der Waals surface area contributed by atoms with Gasteiger partial charge in [0, 0.05) is 19.0 Å². The maximum absolute atomic E-state index is 11.8. The number of nitrogens with zero attached hydrogens (tertiary/aromatic N) is 3. The molecule has 0 saturated heterocycles. The third kappa shape index (κ3) is 4.50. The van der Waals surface area contributed by atoms with Crippen LogP contribution in [0.3, 0.4) is 0 Å². The minimum atomic E-state index is -0.0136. The lowest BCUT2D eigenvalue weighted by Gasteiger charge is -2.17. The number of aromatic nitrogens is 2. The first-order chi connectivity index (χ1) is 8.99. The summed E-state index contributed by atoms with van der Waals surface area (Å²) in [5.41, 5.74) is 3.99. The van der Waals surface area contributed by atoms with Crippen LogP contribution in [0.1, 0.15) is 39.6 Å². The number of thioether (sulfide) groups is 1. The molecule has 0 bridgehead atoms. The summed E-state index contributed by atoms with van der Waals surface area (Å²) < 4.78 is 5.51. The summed E-state index contributed by atoms with van der Waals surface area (Å²) in [5.74, 6) is 1.29. The lowest BCUT2D eigenvalue weighted by atomic mass is 10.1. The third-order valence-electron chi connectivity index (χ3n) is 2.98. The molecule has 1 amide bonds. The fraction of sp³-hybridized carbons (Fsp3) is 0.750. The number of carbonyl (C=O) groups is 1. The number of hydrogen-bond donors (Lipinski definition) is 1. The Bertz CT molecular complexity index is 404. The summed E-state index contributed by atoms with van der Waals surface area (Å²) in [6, 6.07) is -0.0136. The maximum atomic E-state index is 11.8. The van der Waals surface area contributed by atoms with E-state index in [9.17, 15) is 4.79 Å². The van der Waals surface area contributed by atoms with E-state index in [-0.39, 0.29) is 11.9 Å². The topological polar surface area (TPSA) is 86.9 Å². The molecule has 0 aliphatic rings. The highest BCUT2D eigenvalue weighted by molar-refractivity contribution is 7.99. The molecule has 1 heterocycles. The van der Waals surface area contributed by atoms with Gasteiger partial charge >= 0.3 is 0 Å². The van der Waals surface area contributed by atoms with Gasteiger partial charge in [-0.2, -0.15) is 0 Å². The van der Waals surface area contributed by atoms with E-state index in [0.717, 1.165) is 13.1 Å². The number of quaternary nitrogens is 1. The lowest BCUT2D eigenvalue weighted by molar-refractivity contribution is -0.443. The van der Waals surface area contributed by atoms with E-state index >= 15 is 0 Å². The van der Waals surface area contributed by atoms with Gasteiger partial charge in [-0.25, -0.2) is 0 Å². The highest BCUT2D eigenvalue weighted by Gasteiger charge is 2.22. The standard InChI is InChI=1S/C12H22N4O2S/c1-5-16(6-2)9(17)7-19-12-15-14-11(18-12)10(13)8(3)4/h8,10H,5-7,13H2,1-4H3/p+1. The van der Waals surface area contributed by atoms with Crippen LogP contribution in [-0.4, -0.2) is 39.8 Å². The van der Waals surface area contributed by atoms with Crippen molar-refractivity contribution < 1.29 is 14.9 Å². The molecule has 0 saturated carbocycles. The average Bonchev–Trinajstić information content (AvgIpc) is 2.85. The second-order valence-electron chi connectivity index (χ2n) is 4.61. The van der Waals surface area contributed by atoms with Gasteiger partial charge < -0.3 is 15.1 Å². The van der Waals surface area contributed by atoms with E-state index < -0.39 is 0 Å². The molecule has 108 valence electrons. The zero-order valence-corrected chi connectivity index (χ0v) is 12.9. The van der Waals surface area contributed by atoms with Gasteiger partial charge in [-0.05, 0) is 13.8 Å². The average molecular weight is 287 g/mol. The van der Waals surface area contributed by atoms with E-state index in [0.29, 0.717) is 22.8 Å². The second kappa shape index (κ2) is 7.49. The monoisotopic (exact) mass is 287 g/mol. The van der Waals surface area contributed by atoms with Gasteiger partial charge in [-0.1, -0.05) is 25.6 Å². The molecule has 7 heteroatoms. The SMILES string of the molecule is CCN(CC)C(=O)CSc1nnc(C([NH3+])C(C)C)o1. The molecule has 0 fully saturated rings. The first-order valence-electron chi connectivity index (χ1n) is 6.56. The van der Waals surface area contributed by atoms with Crippen LogP contribution in [0, 0.1) is 5.92 Å². The van der Waals surface area contributed by atoms with Gasteiger partial charge in [0.1, 0.15) is 0 Å². The third-order valence-corrected chi connectivity index (χ3v) is 3.78. The van der Waals surface area contributed by atoms with Crippen LogP contribution in [0.25, 0.3) is 0 Å². The second-order valence-corrected chi connectivity index (χ2v) is 5.54. The van der Waals surface area contributed by atoms with Crippen LogP contribution in [0.4, 0.5) is 0 Å². The minimum absolute atomic E-state index is 0.0136. The van der Waals surface area contributed by atoms with Crippen molar-refractivity contribution in [3.05, 3.63) is 5.89 Å². The molecule has 1 rings (SSSR count). The molecular formula is C12H23N4O2S+. The Hall–Kier alpha value is -1.08. The molecule has 0 aliphatic carbocycles. The molecule has 1 atom stereocenters. The summed E-state index contributed by atoms with van der Waals surface area (Å²) >= 11 is 1.28. The van der Waals surface area contributed by atoms with Crippen molar-refractivity contribution in [2.45, 2.75) is 39.0 Å². The predicted molar refractivity (Wildman–Crippen MR) is 73.4 cm³/mol. The van der Waals surface area contributed by atoms with E-state index in [4.69, 9.17) is 4.42 Å². The number of carbonyl (C=O) groups excluding carboxylic acids is 1. The zero-order chi connectivity index (χ0) is 14.4. The smallest absolute Gasteiger partial charge is 0.277 e. The van der Waals surface area contributed by atoms with Crippen LogP contribution >= 0.6 is 11.8 Å². The van der Waals surface area contributed by atoms with Crippen molar-refractivity contribution in [3.8, 4) is 0 Å². The lowest BCUT2D eigenvalue weighted by Crippen LogP contribution is -2.56. The van der Waals surface area contributed by atoms with Crippen LogP contribution in [0.2, 0.25) is 0 Å². The Morgan fingerprint density at radius 3 is 2.53 bits per heavy atom. The van der Waals surface area contributed by atoms with Gasteiger partial charge in [-0.15, -0.1) is 10.2 Å². The Balaban J connectivity index is 2.53. The van der Waals surface area contributed by atoms with Crippen molar-refractivity contribution in [1.29, 1.82) is 0 Å². The highest BCUT2D eigenvalue weighted by atomic mass is 32.2. The van der Waals surface area contributed by atoms with Crippen LogP contribution in [0.15, 0.2) is 9.64 Å². The number of amides is 1. The van der Waals surface area contributed by atoms with Gasteiger partial charge in [0.2, 0.25) is 5.91 Å². The Kier molecular flexibility index (Phi) is 6.30. The molecule has 1 aromatic rings. The van der Waals surface area contributed by atoms with Crippen LogP contribution in [-0.2, 0) is 4.79 Å². The molecule has 19 heavy (non-hydrogen) atoms. The first-order valence-corrected chi connectivity index (χ1v) is 7.55. The molecule has 1 aromatic heterocycles. The van der Waals surface area contributed by atoms with Crippen molar-refractivity contribution >= 4 is 17.7 Å². The molecular weight excluding hydrogens is 264 g/mol. The molecule has 0 aliphatic heterocycles. The molecule has 1 unspecified atom stereocenters. The number of hydrogen-bond acceptors (Lipinski definition) is 5. The van der Waals surface area contributed by atoms with Crippen molar-refractivity contribution in [1.82, 2.24) is 15.1 Å².